The van der Waals surface area contributed by atoms with Gasteiger partial charge in [-0.1, -0.05) is 6.42 Å². The van der Waals surface area contributed by atoms with Gasteiger partial charge >= 0.3 is 0 Å². The maximum Gasteiger partial charge on any atom is 0.258 e. The molecular formula is C22H28N2O5. The molecule has 29 heavy (non-hydrogen) atoms. The average molecular weight is 400 g/mol. The van der Waals surface area contributed by atoms with E-state index < -0.39 is 17.8 Å². The van der Waals surface area contributed by atoms with Crippen molar-refractivity contribution in [2.45, 2.75) is 25.5 Å². The predicted octanol–water partition coefficient (Wildman–Crippen LogP) is 1.72. The van der Waals surface area contributed by atoms with Crippen LogP contribution in [0.25, 0.3) is 5.76 Å². The summed E-state index contributed by atoms with van der Waals surface area (Å²) in [5, 5.41) is 0. The van der Waals surface area contributed by atoms with Crippen LogP contribution in [0.1, 0.15) is 24.8 Å². The molecule has 2 saturated heterocycles. The normalized spacial score (nSPS) is 24.1. The molecule has 4 rings (SSSR count). The lowest BCUT2D eigenvalue weighted by atomic mass is 10.1. The van der Waals surface area contributed by atoms with E-state index in [1.54, 1.807) is 0 Å². The molecule has 2 fully saturated rings. The van der Waals surface area contributed by atoms with Crippen LogP contribution in [0.5, 0.6) is 5.75 Å². The Balaban J connectivity index is 1.35. The number of morpholine rings is 1. The van der Waals surface area contributed by atoms with E-state index in [2.05, 4.69) is 4.90 Å². The van der Waals surface area contributed by atoms with Crippen molar-refractivity contribution in [1.82, 2.24) is 9.80 Å². The second-order valence-electron chi connectivity index (χ2n) is 7.63. The van der Waals surface area contributed by atoms with Gasteiger partial charge in [0, 0.05) is 31.3 Å². The van der Waals surface area contributed by atoms with E-state index in [0.717, 1.165) is 30.9 Å². The van der Waals surface area contributed by atoms with E-state index in [1.165, 1.54) is 25.3 Å². The summed E-state index contributed by atoms with van der Waals surface area (Å²) in [5.41, 5.74) is 0.757. The second kappa shape index (κ2) is 9.52. The summed E-state index contributed by atoms with van der Waals surface area (Å²) in [4.78, 5) is 28.8. The number of rotatable bonds is 6. The number of carbonyl (C=O) groups is 2. The van der Waals surface area contributed by atoms with Crippen LogP contribution < -0.4 is 4.74 Å². The number of hydrogen-bond donors (Lipinski definition) is 0. The van der Waals surface area contributed by atoms with E-state index in [4.69, 9.17) is 14.2 Å². The molecule has 0 bridgehead atoms. The summed E-state index contributed by atoms with van der Waals surface area (Å²) < 4.78 is 17.1. The highest BCUT2D eigenvalue weighted by Crippen LogP contribution is 2.26. The van der Waals surface area contributed by atoms with Crippen LogP contribution in [0.4, 0.5) is 0 Å². The van der Waals surface area contributed by atoms with E-state index in [-0.39, 0.29) is 0 Å². The van der Waals surface area contributed by atoms with Gasteiger partial charge < -0.3 is 14.2 Å². The molecule has 0 aromatic heterocycles. The lowest BCUT2D eigenvalue weighted by molar-refractivity contribution is -0.150. The molecule has 0 spiro atoms. The number of likely N-dealkylation sites (tertiary alicyclic amines) is 1. The number of piperidine rings is 1. The molecule has 0 N–H and O–H groups in total. The molecule has 1 atom stereocenters. The van der Waals surface area contributed by atoms with Crippen molar-refractivity contribution in [3.63, 3.8) is 0 Å². The van der Waals surface area contributed by atoms with Gasteiger partial charge in [0.05, 0.1) is 13.2 Å². The van der Waals surface area contributed by atoms with E-state index in [9.17, 15) is 9.59 Å². The highest BCUT2D eigenvalue weighted by atomic mass is 16.5. The van der Waals surface area contributed by atoms with Gasteiger partial charge in [0.1, 0.15) is 18.1 Å². The Morgan fingerprint density at radius 2 is 1.69 bits per heavy atom. The topological polar surface area (TPSA) is 68.3 Å². The smallest absolute Gasteiger partial charge is 0.258 e. The van der Waals surface area contributed by atoms with Gasteiger partial charge in [-0.05, 0) is 50.2 Å². The first-order valence-electron chi connectivity index (χ1n) is 10.4. The summed E-state index contributed by atoms with van der Waals surface area (Å²) in [6.45, 7) is 6.11. The zero-order chi connectivity index (χ0) is 20.1. The quantitative estimate of drug-likeness (QED) is 0.674. The van der Waals surface area contributed by atoms with Crippen LogP contribution >= 0.6 is 0 Å². The first-order chi connectivity index (χ1) is 14.2. The van der Waals surface area contributed by atoms with Crippen LogP contribution in [0.3, 0.4) is 0 Å². The first kappa shape index (κ1) is 20.1. The zero-order valence-corrected chi connectivity index (χ0v) is 16.7. The highest BCUT2D eigenvalue weighted by molar-refractivity contribution is 6.44. The minimum atomic E-state index is -0.869. The van der Waals surface area contributed by atoms with Crippen molar-refractivity contribution in [3.05, 3.63) is 35.9 Å². The van der Waals surface area contributed by atoms with E-state index in [1.807, 2.05) is 29.2 Å². The number of allylic oxidation sites excluding steroid dienone is 1. The predicted molar refractivity (Wildman–Crippen MR) is 107 cm³/mol. The second-order valence-corrected chi connectivity index (χ2v) is 7.63. The molecule has 3 aliphatic heterocycles. The first-order valence-corrected chi connectivity index (χ1v) is 10.4. The van der Waals surface area contributed by atoms with Crippen LogP contribution in [-0.4, -0.2) is 80.1 Å². The standard InChI is InChI=1S/C22H28N2O5/c25-19-16-20(29-22(21(19)26)24-11-13-27-14-12-24)17-4-6-18(7-5-17)28-15-10-23-8-2-1-3-9-23/h4-7,16,22H,1-3,8-15H2. The molecule has 1 unspecified atom stereocenters. The number of ether oxygens (including phenoxy) is 3. The Kier molecular flexibility index (Phi) is 6.59. The average Bonchev–Trinajstić information content (AvgIpc) is 2.77. The molecule has 1 aromatic rings. The number of carbonyl (C=O) groups excluding carboxylic acids is 2. The van der Waals surface area contributed by atoms with Gasteiger partial charge in [0.25, 0.3) is 5.78 Å². The minimum absolute atomic E-state index is 0.422. The molecule has 3 aliphatic rings. The Morgan fingerprint density at radius 1 is 0.966 bits per heavy atom. The van der Waals surface area contributed by atoms with Crippen LogP contribution in [0, 0.1) is 0 Å². The minimum Gasteiger partial charge on any atom is -0.492 e. The van der Waals surface area contributed by atoms with Gasteiger partial charge in [-0.25, -0.2) is 0 Å². The lowest BCUT2D eigenvalue weighted by Gasteiger charge is -2.35. The molecule has 7 nitrogen and oxygen atoms in total. The molecule has 0 amide bonds. The molecule has 0 radical (unpaired) electrons. The zero-order valence-electron chi connectivity index (χ0n) is 16.7. The molecule has 0 saturated carbocycles. The highest BCUT2D eigenvalue weighted by Gasteiger charge is 2.37. The monoisotopic (exact) mass is 400 g/mol. The summed E-state index contributed by atoms with van der Waals surface area (Å²) in [6.07, 6.45) is 4.29. The van der Waals surface area contributed by atoms with Crippen molar-refractivity contribution in [3.8, 4) is 5.75 Å². The third-order valence-corrected chi connectivity index (χ3v) is 5.61. The molecule has 156 valence electrons. The summed E-state index contributed by atoms with van der Waals surface area (Å²) in [5.74, 6) is 0.165. The van der Waals surface area contributed by atoms with Gasteiger partial charge in [-0.2, -0.15) is 0 Å². The van der Waals surface area contributed by atoms with E-state index in [0.29, 0.717) is 38.7 Å². The fourth-order valence-electron chi connectivity index (χ4n) is 3.91. The summed E-state index contributed by atoms with van der Waals surface area (Å²) >= 11 is 0. The third-order valence-electron chi connectivity index (χ3n) is 5.61. The number of ketones is 2. The van der Waals surface area contributed by atoms with Crippen LogP contribution in [0.2, 0.25) is 0 Å². The van der Waals surface area contributed by atoms with Crippen molar-refractivity contribution in [2.75, 3.05) is 52.5 Å². The summed E-state index contributed by atoms with van der Waals surface area (Å²) in [7, 11) is 0. The van der Waals surface area contributed by atoms with Gasteiger partial charge in [-0.15, -0.1) is 0 Å². The van der Waals surface area contributed by atoms with Crippen molar-refractivity contribution >= 4 is 17.3 Å². The lowest BCUT2D eigenvalue weighted by Crippen LogP contribution is -2.51. The summed E-state index contributed by atoms with van der Waals surface area (Å²) in [6, 6.07) is 7.48. The molecule has 7 heteroatoms. The molecular weight excluding hydrogens is 372 g/mol. The Labute approximate surface area is 171 Å². The van der Waals surface area contributed by atoms with Crippen molar-refractivity contribution in [1.29, 1.82) is 0 Å². The fraction of sp³-hybridized carbons (Fsp3) is 0.545. The third kappa shape index (κ3) is 5.04. The molecule has 1 aromatic carbocycles. The Bertz CT molecular complexity index is 749. The van der Waals surface area contributed by atoms with Crippen LogP contribution in [-0.2, 0) is 19.1 Å². The Morgan fingerprint density at radius 3 is 2.41 bits per heavy atom. The fourth-order valence-corrected chi connectivity index (χ4v) is 3.91. The maximum absolute atomic E-state index is 12.3. The van der Waals surface area contributed by atoms with E-state index >= 15 is 0 Å². The van der Waals surface area contributed by atoms with Crippen LogP contribution in [0.15, 0.2) is 30.3 Å². The van der Waals surface area contributed by atoms with Gasteiger partial charge in [0.2, 0.25) is 12.0 Å². The largest absolute Gasteiger partial charge is 0.492 e. The SMILES string of the molecule is O=C1C=C(c2ccc(OCCN3CCCCC3)cc2)OC(N2CCOCC2)C1=O. The number of hydrogen-bond acceptors (Lipinski definition) is 7. The number of benzene rings is 1. The van der Waals surface area contributed by atoms with Gasteiger partial charge in [0.15, 0.2) is 0 Å². The molecule has 0 aliphatic carbocycles. The Hall–Kier alpha value is -2.22. The van der Waals surface area contributed by atoms with Crippen molar-refractivity contribution < 1.29 is 23.8 Å². The van der Waals surface area contributed by atoms with Crippen molar-refractivity contribution in [2.24, 2.45) is 0 Å². The number of nitrogens with zero attached hydrogens (tertiary/aromatic N) is 2. The molecule has 3 heterocycles. The number of Topliss-reactive ketones (excluding diaryl/α,β-unsaturated/α-hetero) is 1. The maximum atomic E-state index is 12.3. The van der Waals surface area contributed by atoms with Gasteiger partial charge in [-0.3, -0.25) is 19.4 Å².